The van der Waals surface area contributed by atoms with Crippen LogP contribution in [0.3, 0.4) is 0 Å². The molecule has 0 unspecified atom stereocenters. The number of halogens is 2. The quantitative estimate of drug-likeness (QED) is 0.478. The van der Waals surface area contributed by atoms with E-state index in [0.29, 0.717) is 18.7 Å². The molecule has 0 fully saturated rings. The Morgan fingerprint density at radius 2 is 1.81 bits per heavy atom. The highest BCUT2D eigenvalue weighted by Crippen LogP contribution is 2.14. The van der Waals surface area contributed by atoms with Crippen LogP contribution in [0.15, 0.2) is 67.5 Å². The van der Waals surface area contributed by atoms with Crippen LogP contribution >= 0.6 is 0 Å². The summed E-state index contributed by atoms with van der Waals surface area (Å²) in [5, 5.41) is 13.7. The Labute approximate surface area is 176 Å². The van der Waals surface area contributed by atoms with Crippen LogP contribution in [0, 0.1) is 11.6 Å². The van der Waals surface area contributed by atoms with Gasteiger partial charge in [0.05, 0.1) is 12.7 Å². The van der Waals surface area contributed by atoms with Gasteiger partial charge < -0.3 is 10.6 Å². The highest BCUT2D eigenvalue weighted by Gasteiger charge is 2.09. The molecule has 4 aromatic rings. The summed E-state index contributed by atoms with van der Waals surface area (Å²) in [6.07, 6.45) is 6.19. The van der Waals surface area contributed by atoms with Gasteiger partial charge in [0.2, 0.25) is 0 Å². The third kappa shape index (κ3) is 5.10. The molecule has 10 heteroatoms. The first-order valence-corrected chi connectivity index (χ1v) is 9.48. The second-order valence-corrected chi connectivity index (χ2v) is 6.79. The van der Waals surface area contributed by atoms with Crippen molar-refractivity contribution in [3.63, 3.8) is 0 Å². The van der Waals surface area contributed by atoms with E-state index in [0.717, 1.165) is 23.3 Å². The summed E-state index contributed by atoms with van der Waals surface area (Å²) in [5.41, 5.74) is 2.79. The SMILES string of the molecule is O=C(NCc1cnn(-c2ccc(F)cc2F)c1)NCc1ccccc1Cn1cncn1. The standard InChI is InChI=1S/C21H19F2N7O/c22-18-5-6-20(19(23)7-18)30-11-15(9-27-30)8-25-21(31)26-10-16-3-1-2-4-17(16)12-29-14-24-13-28-29/h1-7,9,11,13-14H,8,10,12H2,(H2,25,26,31). The number of nitrogens with one attached hydrogen (secondary N) is 2. The van der Waals surface area contributed by atoms with Gasteiger partial charge in [0, 0.05) is 30.9 Å². The van der Waals surface area contributed by atoms with Gasteiger partial charge >= 0.3 is 6.03 Å². The first-order valence-electron chi connectivity index (χ1n) is 9.48. The zero-order valence-electron chi connectivity index (χ0n) is 16.4. The van der Waals surface area contributed by atoms with Crippen LogP contribution in [0.1, 0.15) is 16.7 Å². The van der Waals surface area contributed by atoms with Crippen LogP contribution in [0.2, 0.25) is 0 Å². The Morgan fingerprint density at radius 1 is 1.00 bits per heavy atom. The summed E-state index contributed by atoms with van der Waals surface area (Å²) in [4.78, 5) is 16.1. The van der Waals surface area contributed by atoms with Crippen LogP contribution in [0.4, 0.5) is 13.6 Å². The van der Waals surface area contributed by atoms with Crippen molar-refractivity contribution < 1.29 is 13.6 Å². The maximum absolute atomic E-state index is 13.9. The molecule has 2 aromatic heterocycles. The Kier molecular flexibility index (Phi) is 5.97. The minimum absolute atomic E-state index is 0.126. The lowest BCUT2D eigenvalue weighted by molar-refractivity contribution is 0.240. The third-order valence-electron chi connectivity index (χ3n) is 4.60. The maximum atomic E-state index is 13.9. The average molecular weight is 423 g/mol. The topological polar surface area (TPSA) is 89.7 Å². The van der Waals surface area contributed by atoms with E-state index in [-0.39, 0.29) is 18.3 Å². The molecule has 2 amide bonds. The van der Waals surface area contributed by atoms with Crippen molar-refractivity contribution in [2.24, 2.45) is 0 Å². The lowest BCUT2D eigenvalue weighted by Crippen LogP contribution is -2.34. The zero-order chi connectivity index (χ0) is 21.6. The molecule has 2 N–H and O–H groups in total. The average Bonchev–Trinajstić information content (AvgIpc) is 3.44. The Morgan fingerprint density at radius 3 is 2.58 bits per heavy atom. The van der Waals surface area contributed by atoms with Gasteiger partial charge in [0.25, 0.3) is 0 Å². The van der Waals surface area contributed by atoms with Crippen molar-refractivity contribution in [2.45, 2.75) is 19.6 Å². The van der Waals surface area contributed by atoms with E-state index in [1.165, 1.54) is 23.3 Å². The monoisotopic (exact) mass is 423 g/mol. The van der Waals surface area contributed by atoms with Gasteiger partial charge in [-0.15, -0.1) is 0 Å². The van der Waals surface area contributed by atoms with Crippen molar-refractivity contribution in [1.82, 2.24) is 35.2 Å². The number of benzene rings is 2. The fourth-order valence-electron chi connectivity index (χ4n) is 3.04. The fourth-order valence-corrected chi connectivity index (χ4v) is 3.04. The largest absolute Gasteiger partial charge is 0.334 e. The highest BCUT2D eigenvalue weighted by atomic mass is 19.1. The Bertz CT molecular complexity index is 1170. The van der Waals surface area contributed by atoms with Crippen molar-refractivity contribution in [2.75, 3.05) is 0 Å². The molecule has 0 bridgehead atoms. The van der Waals surface area contributed by atoms with E-state index in [1.54, 1.807) is 17.2 Å². The molecule has 31 heavy (non-hydrogen) atoms. The van der Waals surface area contributed by atoms with E-state index in [4.69, 9.17) is 0 Å². The van der Waals surface area contributed by atoms with Gasteiger partial charge in [0.1, 0.15) is 24.2 Å². The first-order chi connectivity index (χ1) is 15.1. The van der Waals surface area contributed by atoms with Gasteiger partial charge in [-0.1, -0.05) is 24.3 Å². The lowest BCUT2D eigenvalue weighted by Gasteiger charge is -2.11. The molecule has 0 spiro atoms. The number of rotatable bonds is 7. The number of hydrogen-bond donors (Lipinski definition) is 2. The second-order valence-electron chi connectivity index (χ2n) is 6.79. The number of amides is 2. The molecule has 0 radical (unpaired) electrons. The molecule has 8 nitrogen and oxygen atoms in total. The number of carbonyl (C=O) groups is 1. The first kappa shape index (κ1) is 20.2. The van der Waals surface area contributed by atoms with Crippen LogP contribution in [0.5, 0.6) is 0 Å². The molecule has 0 saturated carbocycles. The minimum Gasteiger partial charge on any atom is -0.334 e. The molecule has 0 aliphatic carbocycles. The number of urea groups is 1. The predicted octanol–water partition coefficient (Wildman–Crippen LogP) is 2.79. The molecule has 2 heterocycles. The smallest absolute Gasteiger partial charge is 0.315 e. The zero-order valence-corrected chi connectivity index (χ0v) is 16.4. The van der Waals surface area contributed by atoms with Crippen LogP contribution in [0.25, 0.3) is 5.69 Å². The number of nitrogens with zero attached hydrogens (tertiary/aromatic N) is 5. The van der Waals surface area contributed by atoms with E-state index in [9.17, 15) is 13.6 Å². The van der Waals surface area contributed by atoms with E-state index in [1.807, 2.05) is 24.3 Å². The predicted molar refractivity (Wildman–Crippen MR) is 108 cm³/mol. The van der Waals surface area contributed by atoms with Crippen molar-refractivity contribution in [3.05, 3.63) is 95.8 Å². The summed E-state index contributed by atoms with van der Waals surface area (Å²) in [7, 11) is 0. The molecule has 0 atom stereocenters. The second kappa shape index (κ2) is 9.16. The van der Waals surface area contributed by atoms with Gasteiger partial charge in [0.15, 0.2) is 5.82 Å². The molecular weight excluding hydrogens is 404 g/mol. The van der Waals surface area contributed by atoms with Crippen LogP contribution < -0.4 is 10.6 Å². The molecule has 2 aromatic carbocycles. The summed E-state index contributed by atoms with van der Waals surface area (Å²) >= 11 is 0. The lowest BCUT2D eigenvalue weighted by atomic mass is 10.1. The number of hydrogen-bond acceptors (Lipinski definition) is 4. The molecule has 0 aliphatic rings. The van der Waals surface area contributed by atoms with Gasteiger partial charge in [-0.2, -0.15) is 10.2 Å². The summed E-state index contributed by atoms with van der Waals surface area (Å²) in [5.74, 6) is -1.38. The van der Waals surface area contributed by atoms with E-state index < -0.39 is 11.6 Å². The molecule has 4 rings (SSSR count). The number of aromatic nitrogens is 5. The van der Waals surface area contributed by atoms with Crippen molar-refractivity contribution in [1.29, 1.82) is 0 Å². The van der Waals surface area contributed by atoms with Gasteiger partial charge in [-0.25, -0.2) is 27.9 Å². The van der Waals surface area contributed by atoms with Crippen LogP contribution in [-0.2, 0) is 19.6 Å². The Balaban J connectivity index is 1.31. The molecule has 0 aliphatic heterocycles. The molecule has 0 saturated heterocycles. The van der Waals surface area contributed by atoms with Gasteiger partial charge in [-0.3, -0.25) is 0 Å². The van der Waals surface area contributed by atoms with Gasteiger partial charge in [-0.05, 0) is 23.3 Å². The van der Waals surface area contributed by atoms with E-state index in [2.05, 4.69) is 25.8 Å². The van der Waals surface area contributed by atoms with Crippen molar-refractivity contribution >= 4 is 6.03 Å². The van der Waals surface area contributed by atoms with Crippen molar-refractivity contribution in [3.8, 4) is 5.69 Å². The maximum Gasteiger partial charge on any atom is 0.315 e. The summed E-state index contributed by atoms with van der Waals surface area (Å²) < 4.78 is 29.9. The van der Waals surface area contributed by atoms with Crippen LogP contribution in [-0.4, -0.2) is 30.6 Å². The summed E-state index contributed by atoms with van der Waals surface area (Å²) in [6, 6.07) is 10.7. The Hall–Kier alpha value is -4.08. The normalized spacial score (nSPS) is 10.8. The third-order valence-corrected chi connectivity index (χ3v) is 4.60. The fraction of sp³-hybridized carbons (Fsp3) is 0.143. The molecule has 158 valence electrons. The summed E-state index contributed by atoms with van der Waals surface area (Å²) in [6.45, 7) is 1.10. The number of carbonyl (C=O) groups excluding carboxylic acids is 1. The minimum atomic E-state index is -0.718. The highest BCUT2D eigenvalue weighted by molar-refractivity contribution is 5.73. The molecular formula is C21H19F2N7O. The van der Waals surface area contributed by atoms with E-state index >= 15 is 0 Å².